The Hall–Kier alpha value is -1.76. The van der Waals surface area contributed by atoms with Crippen LogP contribution in [0.5, 0.6) is 0 Å². The molecule has 0 fully saturated rings. The number of aryl methyl sites for hydroxylation is 1. The van der Waals surface area contributed by atoms with Gasteiger partial charge in [0.25, 0.3) is 5.56 Å². The van der Waals surface area contributed by atoms with E-state index in [-0.39, 0.29) is 19.6 Å². The largest absolute Gasteiger partial charge is 0.412 e. The number of aromatic nitrogens is 1. The molecular formula is C17H21FIN3O3S2. The minimum atomic E-state index is -1.49. The number of nitrogens with one attached hydrogen (secondary N) is 2. The van der Waals surface area contributed by atoms with Gasteiger partial charge in [-0.2, -0.15) is 11.3 Å². The van der Waals surface area contributed by atoms with Crippen molar-refractivity contribution in [3.05, 3.63) is 66.4 Å². The molecule has 0 aliphatic carbocycles. The quantitative estimate of drug-likeness (QED) is 0.493. The van der Waals surface area contributed by atoms with Crippen LogP contribution in [0.25, 0.3) is 0 Å². The molecule has 4 N–H and O–H groups in total. The van der Waals surface area contributed by atoms with Gasteiger partial charge in [-0.1, -0.05) is 0 Å². The summed E-state index contributed by atoms with van der Waals surface area (Å²) in [6, 6.07) is 8.12. The van der Waals surface area contributed by atoms with E-state index in [0.717, 1.165) is 3.57 Å². The van der Waals surface area contributed by atoms with E-state index >= 15 is 0 Å². The van der Waals surface area contributed by atoms with E-state index in [0.29, 0.717) is 22.0 Å². The van der Waals surface area contributed by atoms with Crippen molar-refractivity contribution in [3.8, 4) is 0 Å². The van der Waals surface area contributed by atoms with Crippen molar-refractivity contribution < 1.29 is 16.9 Å². The summed E-state index contributed by atoms with van der Waals surface area (Å²) in [4.78, 5) is 12.9. The number of halogens is 2. The first-order valence-corrected chi connectivity index (χ1v) is 10.7. The summed E-state index contributed by atoms with van der Waals surface area (Å²) < 4.78 is 31.8. The lowest BCUT2D eigenvalue weighted by molar-refractivity contribution is 0.630. The zero-order valence-corrected chi connectivity index (χ0v) is 18.2. The molecule has 0 aliphatic heterocycles. The van der Waals surface area contributed by atoms with E-state index in [2.05, 4.69) is 10.0 Å². The fourth-order valence-corrected chi connectivity index (χ4v) is 4.59. The zero-order valence-electron chi connectivity index (χ0n) is 14.4. The lowest BCUT2D eigenvalue weighted by atomic mass is 10.2. The van der Waals surface area contributed by atoms with Gasteiger partial charge in [0.15, 0.2) is 11.0 Å². The number of benzene rings is 1. The van der Waals surface area contributed by atoms with E-state index in [9.17, 15) is 13.4 Å². The molecular weight excluding hydrogens is 504 g/mol. The van der Waals surface area contributed by atoms with Gasteiger partial charge in [0.1, 0.15) is 11.6 Å². The van der Waals surface area contributed by atoms with Crippen LogP contribution in [0, 0.1) is 16.3 Å². The maximum Gasteiger partial charge on any atom is 0.254 e. The molecule has 0 amide bonds. The summed E-state index contributed by atoms with van der Waals surface area (Å²) in [5.74, 6) is -0.0980. The number of thiophene rings is 1. The first-order valence-electron chi connectivity index (χ1n) is 7.50. The highest BCUT2D eigenvalue weighted by Crippen LogP contribution is 2.28. The second-order valence-corrected chi connectivity index (χ2v) is 8.77. The predicted molar refractivity (Wildman–Crippen MR) is 121 cm³/mol. The molecule has 6 nitrogen and oxygen atoms in total. The summed E-state index contributed by atoms with van der Waals surface area (Å²) in [6.45, 7) is 1.68. The molecule has 0 radical (unpaired) electrons. The van der Waals surface area contributed by atoms with E-state index in [4.69, 9.17) is 0 Å². The first kappa shape index (κ1) is 21.5. The number of rotatable bonds is 5. The van der Waals surface area contributed by atoms with Gasteiger partial charge in [0.2, 0.25) is 0 Å². The molecule has 1 aromatic carbocycles. The number of anilines is 3. The molecule has 27 heavy (non-hydrogen) atoms. The minimum Gasteiger partial charge on any atom is -0.412 e. The average Bonchev–Trinajstić information content (AvgIpc) is 3.13. The van der Waals surface area contributed by atoms with Crippen LogP contribution in [0.3, 0.4) is 0 Å². The molecule has 3 aromatic rings. The SMILES string of the molecule is Cc1cc(NS(=O)c2ccsc2)c(Nc2ccc(I)cc2F)n(C)c1=O.O.[HH].[HH]. The smallest absolute Gasteiger partial charge is 0.254 e. The molecule has 2 heterocycles. The summed E-state index contributed by atoms with van der Waals surface area (Å²) in [5.41, 5.74) is 0.956. The Morgan fingerprint density at radius 2 is 2.00 bits per heavy atom. The van der Waals surface area contributed by atoms with Gasteiger partial charge in [-0.15, -0.1) is 0 Å². The third-order valence-electron chi connectivity index (χ3n) is 3.69. The number of nitrogens with zero attached hydrogens (tertiary/aromatic N) is 1. The second-order valence-electron chi connectivity index (χ2n) is 5.53. The van der Waals surface area contributed by atoms with Crippen LogP contribution in [0.1, 0.15) is 8.42 Å². The zero-order chi connectivity index (χ0) is 18.8. The second kappa shape index (κ2) is 8.95. The Morgan fingerprint density at radius 1 is 1.26 bits per heavy atom. The van der Waals surface area contributed by atoms with Crippen molar-refractivity contribution in [2.24, 2.45) is 7.05 Å². The van der Waals surface area contributed by atoms with Crippen molar-refractivity contribution in [1.82, 2.24) is 4.57 Å². The van der Waals surface area contributed by atoms with Crippen molar-refractivity contribution in [2.45, 2.75) is 11.8 Å². The summed E-state index contributed by atoms with van der Waals surface area (Å²) in [7, 11) is 0.0907. The highest BCUT2D eigenvalue weighted by atomic mass is 127. The summed E-state index contributed by atoms with van der Waals surface area (Å²) >= 11 is 3.47. The number of hydrogen-bond donors (Lipinski definition) is 2. The average molecular weight is 525 g/mol. The predicted octanol–water partition coefficient (Wildman–Crippen LogP) is 4.04. The molecule has 0 saturated carbocycles. The van der Waals surface area contributed by atoms with Gasteiger partial charge in [-0.25, -0.2) is 8.60 Å². The maximum atomic E-state index is 14.2. The van der Waals surface area contributed by atoms with Crippen LogP contribution in [0.2, 0.25) is 0 Å². The molecule has 1 unspecified atom stereocenters. The third-order valence-corrected chi connectivity index (χ3v) is 6.28. The summed E-state index contributed by atoms with van der Waals surface area (Å²) in [5, 5.41) is 6.56. The summed E-state index contributed by atoms with van der Waals surface area (Å²) in [6.07, 6.45) is 0. The molecule has 0 saturated heterocycles. The molecule has 0 aliphatic rings. The van der Waals surface area contributed by atoms with Gasteiger partial charge in [-0.05, 0) is 65.2 Å². The van der Waals surface area contributed by atoms with Crippen LogP contribution in [0.15, 0.2) is 50.8 Å². The molecule has 0 spiro atoms. The van der Waals surface area contributed by atoms with Crippen molar-refractivity contribution in [1.29, 1.82) is 0 Å². The van der Waals surface area contributed by atoms with Crippen LogP contribution in [-0.4, -0.2) is 14.3 Å². The van der Waals surface area contributed by atoms with Gasteiger partial charge in [0.05, 0.1) is 16.3 Å². The minimum absolute atomic E-state index is 0. The van der Waals surface area contributed by atoms with Crippen LogP contribution in [0.4, 0.5) is 21.6 Å². The molecule has 0 bridgehead atoms. The Bertz CT molecular complexity index is 1050. The van der Waals surface area contributed by atoms with Crippen molar-refractivity contribution >= 4 is 62.1 Å². The Kier molecular flexibility index (Phi) is 7.14. The standard InChI is InChI=1S/C17H15FIN3O2S2.H2O.2H2/c1-10-7-15(21-26(24)12-5-6-25-9-12)16(22(2)17(10)23)20-14-4-3-11(19)8-13(14)18;;;/h3-9,20-21H,1-2H3;1H2;2*1H. The molecule has 1 atom stereocenters. The van der Waals surface area contributed by atoms with Gasteiger partial charge in [0, 0.05) is 24.4 Å². The van der Waals surface area contributed by atoms with E-state index in [1.54, 1.807) is 43.6 Å². The molecule has 2 aromatic heterocycles. The Labute approximate surface area is 178 Å². The molecule has 148 valence electrons. The highest BCUT2D eigenvalue weighted by molar-refractivity contribution is 14.1. The third kappa shape index (κ3) is 4.75. The van der Waals surface area contributed by atoms with Crippen LogP contribution in [-0.2, 0) is 18.0 Å². The normalized spacial score (nSPS) is 11.6. The van der Waals surface area contributed by atoms with Gasteiger partial charge >= 0.3 is 0 Å². The van der Waals surface area contributed by atoms with Crippen molar-refractivity contribution in [3.63, 3.8) is 0 Å². The number of pyridine rings is 1. The fourth-order valence-electron chi connectivity index (χ4n) is 2.36. The monoisotopic (exact) mass is 525 g/mol. The van der Waals surface area contributed by atoms with Crippen LogP contribution < -0.4 is 15.6 Å². The lowest BCUT2D eigenvalue weighted by Crippen LogP contribution is -2.23. The lowest BCUT2D eigenvalue weighted by Gasteiger charge is -2.18. The van der Waals surface area contributed by atoms with Crippen LogP contribution >= 0.6 is 33.9 Å². The maximum absolute atomic E-state index is 14.2. The Morgan fingerprint density at radius 3 is 2.63 bits per heavy atom. The van der Waals surface area contributed by atoms with E-state index in [1.165, 1.54) is 22.0 Å². The molecule has 10 heteroatoms. The van der Waals surface area contributed by atoms with Gasteiger partial charge in [-0.3, -0.25) is 14.1 Å². The van der Waals surface area contributed by atoms with Crippen molar-refractivity contribution in [2.75, 3.05) is 10.0 Å². The van der Waals surface area contributed by atoms with Gasteiger partial charge < -0.3 is 10.8 Å². The highest BCUT2D eigenvalue weighted by Gasteiger charge is 2.15. The van der Waals surface area contributed by atoms with E-state index < -0.39 is 16.8 Å². The molecule has 3 rings (SSSR count). The van der Waals surface area contributed by atoms with E-state index in [1.807, 2.05) is 28.0 Å². The Balaban J connectivity index is 0.00000261. The topological polar surface area (TPSA) is 94.6 Å². The fraction of sp³-hybridized carbons (Fsp3) is 0.118. The first-order chi connectivity index (χ1) is 12.4. The number of hydrogen-bond acceptors (Lipinski definition) is 4.